The molecule has 12 heteroatoms. The van der Waals surface area contributed by atoms with Gasteiger partial charge in [0.25, 0.3) is 5.91 Å². The number of fused-ring (bicyclic) bond motifs is 1. The van der Waals surface area contributed by atoms with Crippen LogP contribution in [0.4, 0.5) is 5.69 Å². The number of benzene rings is 2. The van der Waals surface area contributed by atoms with Crippen LogP contribution >= 0.6 is 11.6 Å². The van der Waals surface area contributed by atoms with Gasteiger partial charge in [-0.3, -0.25) is 4.79 Å². The van der Waals surface area contributed by atoms with Crippen molar-refractivity contribution in [2.75, 3.05) is 25.0 Å². The zero-order valence-corrected chi connectivity index (χ0v) is 18.6. The lowest BCUT2D eigenvalue weighted by Gasteiger charge is -2.32. The lowest BCUT2D eigenvalue weighted by molar-refractivity contribution is -0.118. The molecule has 9 nitrogen and oxygen atoms in total. The third-order valence-electron chi connectivity index (χ3n) is 5.11. The summed E-state index contributed by atoms with van der Waals surface area (Å²) < 4.78 is 60.5. The summed E-state index contributed by atoms with van der Waals surface area (Å²) in [6.45, 7) is 0.0612. The van der Waals surface area contributed by atoms with Crippen LogP contribution in [0.1, 0.15) is 12.8 Å². The molecule has 0 unspecified atom stereocenters. The van der Waals surface area contributed by atoms with Crippen molar-refractivity contribution in [3.63, 3.8) is 0 Å². The maximum Gasteiger partial charge on any atom is 0.262 e. The minimum atomic E-state index is -3.93. The van der Waals surface area contributed by atoms with E-state index in [0.717, 1.165) is 0 Å². The molecule has 4 rings (SSSR count). The van der Waals surface area contributed by atoms with Gasteiger partial charge in [0.15, 0.2) is 6.61 Å². The summed E-state index contributed by atoms with van der Waals surface area (Å²) in [5, 5.41) is 2.55. The fourth-order valence-corrected chi connectivity index (χ4v) is 6.83. The molecule has 2 aliphatic heterocycles. The number of ether oxygens (including phenoxy) is 1. The third-order valence-corrected chi connectivity index (χ3v) is 9.01. The number of anilines is 1. The van der Waals surface area contributed by atoms with Gasteiger partial charge in [-0.25, -0.2) is 21.6 Å². The van der Waals surface area contributed by atoms with Crippen molar-refractivity contribution >= 4 is 43.2 Å². The molecule has 2 N–H and O–H groups in total. The van der Waals surface area contributed by atoms with Gasteiger partial charge >= 0.3 is 0 Å². The predicted molar refractivity (Wildman–Crippen MR) is 114 cm³/mol. The highest BCUT2D eigenvalue weighted by molar-refractivity contribution is 7.89. The lowest BCUT2D eigenvalue weighted by Crippen LogP contribution is -2.46. The van der Waals surface area contributed by atoms with Crippen molar-refractivity contribution in [1.82, 2.24) is 9.03 Å². The molecule has 0 aliphatic carbocycles. The second-order valence-corrected chi connectivity index (χ2v) is 11.3. The van der Waals surface area contributed by atoms with Crippen LogP contribution in [-0.4, -0.2) is 52.8 Å². The molecule has 1 saturated heterocycles. The van der Waals surface area contributed by atoms with Crippen molar-refractivity contribution in [2.45, 2.75) is 28.7 Å². The van der Waals surface area contributed by atoms with Gasteiger partial charge in [0.2, 0.25) is 20.0 Å². The Morgan fingerprint density at radius 2 is 1.74 bits per heavy atom. The monoisotopic (exact) mass is 485 g/mol. The molecule has 2 aliphatic rings. The van der Waals surface area contributed by atoms with Crippen LogP contribution < -0.4 is 14.8 Å². The van der Waals surface area contributed by atoms with E-state index in [1.54, 1.807) is 18.2 Å². The van der Waals surface area contributed by atoms with E-state index < -0.39 is 20.0 Å². The first kappa shape index (κ1) is 22.0. The molecule has 0 aromatic heterocycles. The van der Waals surface area contributed by atoms with Gasteiger partial charge in [-0.15, -0.1) is 0 Å². The summed E-state index contributed by atoms with van der Waals surface area (Å²) in [6, 6.07) is 10.3. The SMILES string of the molecule is O=C1COc2cc(S(=O)(=O)N3CCC(NS(=O)(=O)c4ccccc4)CC3)c(Cl)cc2N1. The highest BCUT2D eigenvalue weighted by atomic mass is 35.5. The van der Waals surface area contributed by atoms with Crippen molar-refractivity contribution in [3.05, 3.63) is 47.5 Å². The van der Waals surface area contributed by atoms with Gasteiger partial charge in [-0.05, 0) is 31.0 Å². The summed E-state index contributed by atoms with van der Waals surface area (Å²) in [7, 11) is -7.60. The van der Waals surface area contributed by atoms with Crippen LogP contribution in [-0.2, 0) is 24.8 Å². The average molecular weight is 486 g/mol. The molecule has 0 radical (unpaired) electrons. The minimum Gasteiger partial charge on any atom is -0.482 e. The van der Waals surface area contributed by atoms with Crippen LogP contribution in [0, 0.1) is 0 Å². The van der Waals surface area contributed by atoms with E-state index in [2.05, 4.69) is 10.0 Å². The van der Waals surface area contributed by atoms with Crippen LogP contribution in [0.3, 0.4) is 0 Å². The molecule has 166 valence electrons. The van der Waals surface area contributed by atoms with E-state index in [-0.39, 0.29) is 52.2 Å². The Bertz CT molecular complexity index is 1210. The number of rotatable bonds is 5. The number of carbonyl (C=O) groups is 1. The number of hydrogen-bond acceptors (Lipinski definition) is 6. The predicted octanol–water partition coefficient (Wildman–Crippen LogP) is 1.80. The van der Waals surface area contributed by atoms with Crippen molar-refractivity contribution in [3.8, 4) is 5.75 Å². The van der Waals surface area contributed by atoms with Crippen molar-refractivity contribution < 1.29 is 26.4 Å². The Morgan fingerprint density at radius 1 is 1.06 bits per heavy atom. The molecule has 0 bridgehead atoms. The first-order valence-corrected chi connectivity index (χ1v) is 12.8. The Labute approximate surface area is 185 Å². The van der Waals surface area contributed by atoms with Crippen LogP contribution in [0.15, 0.2) is 52.3 Å². The van der Waals surface area contributed by atoms with E-state index in [1.165, 1.54) is 28.6 Å². The normalized spacial score (nSPS) is 18.2. The van der Waals surface area contributed by atoms with Gasteiger partial charge in [-0.1, -0.05) is 29.8 Å². The van der Waals surface area contributed by atoms with E-state index in [4.69, 9.17) is 16.3 Å². The maximum absolute atomic E-state index is 13.1. The fraction of sp³-hybridized carbons (Fsp3) is 0.316. The van der Waals surface area contributed by atoms with Gasteiger partial charge in [0.05, 0.1) is 15.6 Å². The molecular weight excluding hydrogens is 466 g/mol. The van der Waals surface area contributed by atoms with E-state index in [1.807, 2.05) is 0 Å². The van der Waals surface area contributed by atoms with Gasteiger partial charge in [-0.2, -0.15) is 4.31 Å². The Kier molecular flexibility index (Phi) is 5.97. The molecule has 1 amide bonds. The summed E-state index contributed by atoms with van der Waals surface area (Å²) in [4.78, 5) is 11.5. The molecule has 2 heterocycles. The topological polar surface area (TPSA) is 122 Å². The van der Waals surface area contributed by atoms with Gasteiger partial charge in [0, 0.05) is 25.2 Å². The number of carbonyl (C=O) groups excluding carboxylic acids is 1. The molecule has 1 fully saturated rings. The molecule has 2 aromatic carbocycles. The maximum atomic E-state index is 13.1. The summed E-state index contributed by atoms with van der Waals surface area (Å²) >= 11 is 6.19. The highest BCUT2D eigenvalue weighted by Crippen LogP contribution is 2.37. The quantitative estimate of drug-likeness (QED) is 0.666. The molecule has 0 saturated carbocycles. The zero-order chi connectivity index (χ0) is 22.2. The van der Waals surface area contributed by atoms with E-state index in [9.17, 15) is 21.6 Å². The largest absolute Gasteiger partial charge is 0.482 e. The second-order valence-electron chi connectivity index (χ2n) is 7.23. The summed E-state index contributed by atoms with van der Waals surface area (Å²) in [6.07, 6.45) is 0.640. The number of hydrogen-bond donors (Lipinski definition) is 2. The Morgan fingerprint density at radius 3 is 2.42 bits per heavy atom. The number of piperidine rings is 1. The molecule has 2 aromatic rings. The molecule has 31 heavy (non-hydrogen) atoms. The second kappa shape index (κ2) is 8.40. The first-order chi connectivity index (χ1) is 14.7. The molecule has 0 atom stereocenters. The van der Waals surface area contributed by atoms with E-state index in [0.29, 0.717) is 18.5 Å². The van der Waals surface area contributed by atoms with Crippen molar-refractivity contribution in [1.29, 1.82) is 0 Å². The summed E-state index contributed by atoms with van der Waals surface area (Å²) in [5.74, 6) is -0.118. The van der Waals surface area contributed by atoms with Crippen LogP contribution in [0.5, 0.6) is 5.75 Å². The molecule has 0 spiro atoms. The number of sulfonamides is 2. The minimum absolute atomic E-state index is 0.0311. The highest BCUT2D eigenvalue weighted by Gasteiger charge is 2.33. The van der Waals surface area contributed by atoms with Crippen molar-refractivity contribution in [2.24, 2.45) is 0 Å². The fourth-order valence-electron chi connectivity index (χ4n) is 3.52. The third kappa shape index (κ3) is 4.55. The first-order valence-electron chi connectivity index (χ1n) is 9.50. The standard InChI is InChI=1S/C19H20ClN3O6S2/c20-15-10-16-17(29-12-19(24)21-16)11-18(15)31(27,28)23-8-6-13(7-9-23)22-30(25,26)14-4-2-1-3-5-14/h1-5,10-11,13,22H,6-9,12H2,(H,21,24). The Hall–Kier alpha value is -2.18. The zero-order valence-electron chi connectivity index (χ0n) is 16.2. The summed E-state index contributed by atoms with van der Waals surface area (Å²) in [5.41, 5.74) is 0.314. The van der Waals surface area contributed by atoms with E-state index >= 15 is 0 Å². The average Bonchev–Trinajstić information content (AvgIpc) is 2.74. The number of halogens is 1. The Balaban J connectivity index is 1.47. The van der Waals surface area contributed by atoms with Gasteiger partial charge in [0.1, 0.15) is 10.6 Å². The lowest BCUT2D eigenvalue weighted by atomic mass is 10.1. The smallest absolute Gasteiger partial charge is 0.262 e. The van der Waals surface area contributed by atoms with Crippen LogP contribution in [0.25, 0.3) is 0 Å². The number of amides is 1. The number of nitrogens with zero attached hydrogens (tertiary/aromatic N) is 1. The molecular formula is C19H20ClN3O6S2. The number of nitrogens with one attached hydrogen (secondary N) is 2. The van der Waals surface area contributed by atoms with Crippen LogP contribution in [0.2, 0.25) is 5.02 Å². The van der Waals surface area contributed by atoms with Gasteiger partial charge < -0.3 is 10.1 Å².